The maximum atomic E-state index is 11.7. The number of nitrogen functional groups attached to an aromatic ring is 1. The third-order valence-corrected chi connectivity index (χ3v) is 4.75. The third kappa shape index (κ3) is 8.08. The van der Waals surface area contributed by atoms with Crippen LogP contribution < -0.4 is 25.3 Å². The molecule has 0 aliphatic heterocycles. The Morgan fingerprint density at radius 1 is 1.13 bits per heavy atom. The number of carbonyl (C=O) groups excluding carboxylic acids is 2. The summed E-state index contributed by atoms with van der Waals surface area (Å²) in [5.74, 6) is -0.0509. The normalized spacial score (nSPS) is 11.2. The van der Waals surface area contributed by atoms with E-state index in [-0.39, 0.29) is 43.5 Å². The SMILES string of the molecule is CCOC(=O)COc1ccc(Cn2c(OC)nc3c(N)nc(OCCCNC(=O)OC(C)(C)C)nc32)cn1. The first-order chi connectivity index (χ1) is 18.1. The van der Waals surface area contributed by atoms with Gasteiger partial charge in [-0.15, -0.1) is 0 Å². The van der Waals surface area contributed by atoms with Gasteiger partial charge in [0.1, 0.15) is 5.60 Å². The van der Waals surface area contributed by atoms with Gasteiger partial charge in [0, 0.05) is 18.8 Å². The summed E-state index contributed by atoms with van der Waals surface area (Å²) in [7, 11) is 1.49. The molecule has 0 aliphatic rings. The number of hydrogen-bond donors (Lipinski definition) is 2. The van der Waals surface area contributed by atoms with Crippen LogP contribution in [0.4, 0.5) is 10.6 Å². The van der Waals surface area contributed by atoms with E-state index in [9.17, 15) is 9.59 Å². The van der Waals surface area contributed by atoms with Crippen LogP contribution in [0.25, 0.3) is 11.2 Å². The lowest BCUT2D eigenvalue weighted by Gasteiger charge is -2.19. The molecular formula is C24H33N7O7. The number of alkyl carbamates (subject to hydrolysis) is 1. The molecule has 0 saturated carbocycles. The largest absolute Gasteiger partial charge is 0.468 e. The van der Waals surface area contributed by atoms with Crippen LogP contribution in [-0.2, 0) is 20.8 Å². The second-order valence-corrected chi connectivity index (χ2v) is 8.98. The Bertz CT molecular complexity index is 1240. The van der Waals surface area contributed by atoms with Crippen molar-refractivity contribution < 1.29 is 33.3 Å². The number of anilines is 1. The summed E-state index contributed by atoms with van der Waals surface area (Å²) >= 11 is 0. The zero-order valence-electron chi connectivity index (χ0n) is 22.1. The van der Waals surface area contributed by atoms with Gasteiger partial charge in [-0.05, 0) is 39.7 Å². The van der Waals surface area contributed by atoms with Crippen molar-refractivity contribution in [3.05, 3.63) is 23.9 Å². The van der Waals surface area contributed by atoms with Gasteiger partial charge in [0.2, 0.25) is 5.88 Å². The minimum absolute atomic E-state index is 0.0666. The molecule has 0 spiro atoms. The van der Waals surface area contributed by atoms with Gasteiger partial charge in [-0.25, -0.2) is 14.6 Å². The third-order valence-electron chi connectivity index (χ3n) is 4.75. The summed E-state index contributed by atoms with van der Waals surface area (Å²) in [4.78, 5) is 40.4. The predicted octanol–water partition coefficient (Wildman–Crippen LogP) is 2.10. The van der Waals surface area contributed by atoms with E-state index < -0.39 is 17.7 Å². The van der Waals surface area contributed by atoms with Gasteiger partial charge in [-0.1, -0.05) is 6.07 Å². The number of nitrogens with one attached hydrogen (secondary N) is 1. The monoisotopic (exact) mass is 531 g/mol. The maximum Gasteiger partial charge on any atom is 0.407 e. The zero-order valence-corrected chi connectivity index (χ0v) is 22.1. The summed E-state index contributed by atoms with van der Waals surface area (Å²) < 4.78 is 28.2. The minimum atomic E-state index is -0.568. The topological polar surface area (TPSA) is 175 Å². The Balaban J connectivity index is 1.65. The predicted molar refractivity (Wildman–Crippen MR) is 136 cm³/mol. The van der Waals surface area contributed by atoms with E-state index in [4.69, 9.17) is 29.4 Å². The molecule has 0 fully saturated rings. The Morgan fingerprint density at radius 2 is 1.92 bits per heavy atom. The number of fused-ring (bicyclic) bond motifs is 1. The number of carbonyl (C=O) groups is 2. The highest BCUT2D eigenvalue weighted by atomic mass is 16.6. The molecular weight excluding hydrogens is 498 g/mol. The Labute approximate surface area is 219 Å². The van der Waals surface area contributed by atoms with Gasteiger partial charge in [-0.3, -0.25) is 4.57 Å². The number of ether oxygens (including phenoxy) is 5. The van der Waals surface area contributed by atoms with E-state index in [1.54, 1.807) is 50.6 Å². The molecule has 206 valence electrons. The lowest BCUT2D eigenvalue weighted by molar-refractivity contribution is -0.145. The van der Waals surface area contributed by atoms with Crippen LogP contribution in [0.15, 0.2) is 18.3 Å². The van der Waals surface area contributed by atoms with Crippen molar-refractivity contribution in [3.63, 3.8) is 0 Å². The summed E-state index contributed by atoms with van der Waals surface area (Å²) in [6.45, 7) is 8.05. The van der Waals surface area contributed by atoms with Crippen molar-refractivity contribution >= 4 is 29.0 Å². The fraction of sp³-hybridized carbons (Fsp3) is 0.500. The highest BCUT2D eigenvalue weighted by molar-refractivity contribution is 5.83. The van der Waals surface area contributed by atoms with E-state index in [0.717, 1.165) is 5.56 Å². The highest BCUT2D eigenvalue weighted by Crippen LogP contribution is 2.26. The van der Waals surface area contributed by atoms with Crippen molar-refractivity contribution in [1.29, 1.82) is 0 Å². The highest BCUT2D eigenvalue weighted by Gasteiger charge is 2.19. The number of imidazole rings is 1. The standard InChI is InChI=1S/C24H33N7O7/c1-6-35-17(32)14-37-16-9-8-15(12-27-16)13-31-20-18(28-22(31)34-5)19(25)29-21(30-20)36-11-7-10-26-23(33)38-24(2,3)4/h8-9,12H,6-7,10-11,13-14H2,1-5H3,(H,26,33)(H2,25,29,30). The first-order valence-electron chi connectivity index (χ1n) is 12.0. The molecule has 1 amide bonds. The van der Waals surface area contributed by atoms with Crippen LogP contribution in [0.2, 0.25) is 0 Å². The molecule has 0 saturated heterocycles. The number of nitrogens with two attached hydrogens (primary N) is 1. The smallest absolute Gasteiger partial charge is 0.407 e. The van der Waals surface area contributed by atoms with Crippen molar-refractivity contribution in [2.45, 2.75) is 46.3 Å². The molecule has 0 aliphatic carbocycles. The number of pyridine rings is 1. The number of hydrogen-bond acceptors (Lipinski definition) is 12. The first kappa shape index (κ1) is 28.2. The molecule has 3 N–H and O–H groups in total. The molecule has 0 radical (unpaired) electrons. The molecule has 14 heteroatoms. The fourth-order valence-corrected chi connectivity index (χ4v) is 3.19. The van der Waals surface area contributed by atoms with Crippen molar-refractivity contribution in [3.8, 4) is 17.9 Å². The second-order valence-electron chi connectivity index (χ2n) is 8.98. The Kier molecular flexibility index (Phi) is 9.46. The molecule has 0 unspecified atom stereocenters. The van der Waals surface area contributed by atoms with Crippen molar-refractivity contribution in [1.82, 2.24) is 29.8 Å². The average Bonchev–Trinajstić information content (AvgIpc) is 3.20. The summed E-state index contributed by atoms with van der Waals surface area (Å²) in [6.07, 6.45) is 1.61. The molecule has 0 bridgehead atoms. The molecule has 38 heavy (non-hydrogen) atoms. The number of aromatic nitrogens is 5. The fourth-order valence-electron chi connectivity index (χ4n) is 3.19. The number of methoxy groups -OCH3 is 1. The Morgan fingerprint density at radius 3 is 2.58 bits per heavy atom. The molecule has 14 nitrogen and oxygen atoms in total. The molecule has 0 atom stereocenters. The van der Waals surface area contributed by atoms with Gasteiger partial charge >= 0.3 is 18.1 Å². The van der Waals surface area contributed by atoms with Crippen LogP contribution in [-0.4, -0.2) is 75.6 Å². The number of rotatable bonds is 12. The van der Waals surface area contributed by atoms with E-state index in [0.29, 0.717) is 30.7 Å². The average molecular weight is 532 g/mol. The van der Waals surface area contributed by atoms with Crippen LogP contribution in [0.3, 0.4) is 0 Å². The first-order valence-corrected chi connectivity index (χ1v) is 12.0. The van der Waals surface area contributed by atoms with Crippen LogP contribution in [0.1, 0.15) is 39.7 Å². The van der Waals surface area contributed by atoms with Crippen LogP contribution in [0, 0.1) is 0 Å². The lowest BCUT2D eigenvalue weighted by Crippen LogP contribution is -2.33. The van der Waals surface area contributed by atoms with Gasteiger partial charge in [0.05, 0.1) is 26.9 Å². The summed E-state index contributed by atoms with van der Waals surface area (Å²) in [5.41, 5.74) is 7.11. The quantitative estimate of drug-likeness (QED) is 0.257. The molecule has 3 aromatic heterocycles. The van der Waals surface area contributed by atoms with E-state index >= 15 is 0 Å². The maximum absolute atomic E-state index is 11.7. The number of nitrogens with zero attached hydrogens (tertiary/aromatic N) is 5. The van der Waals surface area contributed by atoms with Crippen molar-refractivity contribution in [2.75, 3.05) is 39.2 Å². The summed E-state index contributed by atoms with van der Waals surface area (Å²) in [5, 5.41) is 2.66. The van der Waals surface area contributed by atoms with Gasteiger partial charge < -0.3 is 34.7 Å². The molecule has 3 aromatic rings. The molecule has 3 heterocycles. The van der Waals surface area contributed by atoms with Gasteiger partial charge in [0.15, 0.2) is 23.6 Å². The number of esters is 1. The second kappa shape index (κ2) is 12.7. The van der Waals surface area contributed by atoms with Crippen LogP contribution >= 0.6 is 0 Å². The van der Waals surface area contributed by atoms with E-state index in [2.05, 4.69) is 25.3 Å². The van der Waals surface area contributed by atoms with Crippen molar-refractivity contribution in [2.24, 2.45) is 0 Å². The molecule has 0 aromatic carbocycles. The van der Waals surface area contributed by atoms with E-state index in [1.807, 2.05) is 0 Å². The van der Waals surface area contributed by atoms with Crippen LogP contribution in [0.5, 0.6) is 17.9 Å². The van der Waals surface area contributed by atoms with Gasteiger partial charge in [0.25, 0.3) is 6.01 Å². The minimum Gasteiger partial charge on any atom is -0.468 e. The summed E-state index contributed by atoms with van der Waals surface area (Å²) in [6, 6.07) is 3.78. The number of amides is 1. The Hall–Kier alpha value is -4.36. The van der Waals surface area contributed by atoms with Gasteiger partial charge in [-0.2, -0.15) is 15.0 Å². The zero-order chi connectivity index (χ0) is 27.7. The molecule has 3 rings (SSSR count). The van der Waals surface area contributed by atoms with E-state index in [1.165, 1.54) is 7.11 Å². The lowest BCUT2D eigenvalue weighted by atomic mass is 10.2.